The van der Waals surface area contributed by atoms with Crippen LogP contribution in [0.1, 0.15) is 38.3 Å². The van der Waals surface area contributed by atoms with E-state index in [1.807, 2.05) is 45.0 Å². The minimum Gasteiger partial charge on any atom is -0.484 e. The van der Waals surface area contributed by atoms with Crippen molar-refractivity contribution in [1.82, 2.24) is 10.7 Å². The Labute approximate surface area is 182 Å². The van der Waals surface area contributed by atoms with Gasteiger partial charge in [0, 0.05) is 11.7 Å². The molecule has 0 aliphatic carbocycles. The fourth-order valence-electron chi connectivity index (χ4n) is 2.58. The van der Waals surface area contributed by atoms with Crippen LogP contribution in [-0.4, -0.2) is 36.6 Å². The normalized spacial score (nSPS) is 11.6. The van der Waals surface area contributed by atoms with Gasteiger partial charge in [-0.3, -0.25) is 14.4 Å². The van der Waals surface area contributed by atoms with Crippen LogP contribution in [0.3, 0.4) is 0 Å². The van der Waals surface area contributed by atoms with Gasteiger partial charge in [0.25, 0.3) is 5.91 Å². The van der Waals surface area contributed by atoms with E-state index < -0.39 is 11.8 Å². The fourth-order valence-corrected chi connectivity index (χ4v) is 2.58. The predicted molar refractivity (Wildman–Crippen MR) is 120 cm³/mol. The Balaban J connectivity index is 1.86. The number of amides is 3. The van der Waals surface area contributed by atoms with Gasteiger partial charge in [0.2, 0.25) is 0 Å². The molecular formula is C23H28N4O4. The number of para-hydroxylation sites is 1. The molecular weight excluding hydrogens is 396 g/mol. The summed E-state index contributed by atoms with van der Waals surface area (Å²) in [6.07, 6.45) is 2.92. The zero-order chi connectivity index (χ0) is 22.6. The molecule has 2 aromatic rings. The summed E-state index contributed by atoms with van der Waals surface area (Å²) in [7, 11) is 0. The highest BCUT2D eigenvalue weighted by Gasteiger charge is 2.14. The number of hydrogen-bond donors (Lipinski definition) is 3. The molecule has 0 radical (unpaired) electrons. The Morgan fingerprint density at radius 1 is 1.06 bits per heavy atom. The summed E-state index contributed by atoms with van der Waals surface area (Å²) in [5, 5.41) is 9.19. The van der Waals surface area contributed by atoms with E-state index in [2.05, 4.69) is 21.2 Å². The largest absolute Gasteiger partial charge is 0.484 e. The number of ether oxygens (including phenoxy) is 1. The summed E-state index contributed by atoms with van der Waals surface area (Å²) < 4.78 is 5.55. The van der Waals surface area contributed by atoms with Gasteiger partial charge in [-0.05, 0) is 49.1 Å². The van der Waals surface area contributed by atoms with Crippen molar-refractivity contribution in [3.05, 3.63) is 59.7 Å². The van der Waals surface area contributed by atoms with Crippen molar-refractivity contribution < 1.29 is 19.1 Å². The monoisotopic (exact) mass is 424 g/mol. The van der Waals surface area contributed by atoms with E-state index >= 15 is 0 Å². The molecule has 1 atom stereocenters. The molecule has 8 nitrogen and oxygen atoms in total. The molecule has 31 heavy (non-hydrogen) atoms. The maximum absolute atomic E-state index is 12.2. The van der Waals surface area contributed by atoms with Gasteiger partial charge < -0.3 is 15.4 Å². The molecule has 0 aliphatic heterocycles. The molecule has 164 valence electrons. The molecule has 8 heteroatoms. The molecule has 0 unspecified atom stereocenters. The standard InChI is InChI=1S/C23H28N4O4/c1-4-16(3)25-22(29)23(30)27-24-14-17-9-8-11-19(13-17)31-15-21(28)26-20-12-7-6-10-18(20)5-2/h6-14,16H,4-5,15H2,1-3H3,(H,25,29)(H,26,28)(H,27,30)/b24-14-/t16-/m1/s1. The first kappa shape index (κ1) is 23.6. The average Bonchev–Trinajstić information content (AvgIpc) is 2.78. The summed E-state index contributed by atoms with van der Waals surface area (Å²) in [6.45, 7) is 5.59. The van der Waals surface area contributed by atoms with Crippen LogP contribution < -0.4 is 20.8 Å². The highest BCUT2D eigenvalue weighted by molar-refractivity contribution is 6.35. The Hall–Kier alpha value is -3.68. The summed E-state index contributed by atoms with van der Waals surface area (Å²) in [5.74, 6) is -1.37. The van der Waals surface area contributed by atoms with Gasteiger partial charge in [-0.25, -0.2) is 5.43 Å². The molecule has 0 aliphatic rings. The van der Waals surface area contributed by atoms with Gasteiger partial charge in [0.1, 0.15) is 5.75 Å². The van der Waals surface area contributed by atoms with E-state index in [1.54, 1.807) is 24.3 Å². The van der Waals surface area contributed by atoms with Crippen molar-refractivity contribution in [2.45, 2.75) is 39.7 Å². The van der Waals surface area contributed by atoms with Crippen LogP contribution in [0.5, 0.6) is 5.75 Å². The number of carbonyl (C=O) groups is 3. The van der Waals surface area contributed by atoms with Gasteiger partial charge in [-0.2, -0.15) is 5.10 Å². The number of benzene rings is 2. The third kappa shape index (κ3) is 7.93. The Morgan fingerprint density at radius 2 is 1.84 bits per heavy atom. The van der Waals surface area contributed by atoms with E-state index in [0.717, 1.165) is 24.1 Å². The summed E-state index contributed by atoms with van der Waals surface area (Å²) in [6, 6.07) is 14.4. The van der Waals surface area contributed by atoms with Crippen LogP contribution in [0.15, 0.2) is 53.6 Å². The number of carbonyl (C=O) groups excluding carboxylic acids is 3. The lowest BCUT2D eigenvalue weighted by Gasteiger charge is -2.11. The molecule has 0 fully saturated rings. The van der Waals surface area contributed by atoms with Crippen molar-refractivity contribution in [3.8, 4) is 5.75 Å². The van der Waals surface area contributed by atoms with Crippen LogP contribution in [0.4, 0.5) is 5.69 Å². The van der Waals surface area contributed by atoms with E-state index in [9.17, 15) is 14.4 Å². The van der Waals surface area contributed by atoms with Crippen molar-refractivity contribution in [2.24, 2.45) is 5.10 Å². The van der Waals surface area contributed by atoms with Gasteiger partial charge in [-0.1, -0.05) is 44.2 Å². The quantitative estimate of drug-likeness (QED) is 0.327. The summed E-state index contributed by atoms with van der Waals surface area (Å²) >= 11 is 0. The van der Waals surface area contributed by atoms with Crippen molar-refractivity contribution >= 4 is 29.6 Å². The molecule has 2 rings (SSSR count). The minimum atomic E-state index is -0.840. The van der Waals surface area contributed by atoms with Crippen molar-refractivity contribution in [2.75, 3.05) is 11.9 Å². The molecule has 3 amide bonds. The second-order valence-corrected chi connectivity index (χ2v) is 6.90. The first-order chi connectivity index (χ1) is 14.9. The fraction of sp³-hybridized carbons (Fsp3) is 0.304. The van der Waals surface area contributed by atoms with Gasteiger partial charge in [-0.15, -0.1) is 0 Å². The van der Waals surface area contributed by atoms with Crippen LogP contribution in [0.25, 0.3) is 0 Å². The molecule has 0 bridgehead atoms. The number of hydrazone groups is 1. The van der Waals surface area contributed by atoms with Crippen LogP contribution in [0, 0.1) is 0 Å². The summed E-state index contributed by atoms with van der Waals surface area (Å²) in [5.41, 5.74) is 4.64. The SMILES string of the molecule is CCc1ccccc1NC(=O)COc1cccc(/C=N\NC(=O)C(=O)N[C@H](C)CC)c1. The second-order valence-electron chi connectivity index (χ2n) is 6.90. The average molecular weight is 425 g/mol. The Kier molecular flexibility index (Phi) is 9.22. The molecule has 0 heterocycles. The van der Waals surface area contributed by atoms with Gasteiger partial charge in [0.05, 0.1) is 6.21 Å². The smallest absolute Gasteiger partial charge is 0.329 e. The molecule has 3 N–H and O–H groups in total. The topological polar surface area (TPSA) is 109 Å². The van der Waals surface area contributed by atoms with Crippen LogP contribution >= 0.6 is 0 Å². The van der Waals surface area contributed by atoms with E-state index in [1.165, 1.54) is 6.21 Å². The van der Waals surface area contributed by atoms with E-state index in [0.29, 0.717) is 11.3 Å². The first-order valence-electron chi connectivity index (χ1n) is 10.2. The molecule has 2 aromatic carbocycles. The van der Waals surface area contributed by atoms with E-state index in [4.69, 9.17) is 4.74 Å². The van der Waals surface area contributed by atoms with Crippen LogP contribution in [-0.2, 0) is 20.8 Å². The zero-order valence-electron chi connectivity index (χ0n) is 18.0. The number of rotatable bonds is 9. The lowest BCUT2D eigenvalue weighted by Crippen LogP contribution is -2.41. The number of nitrogens with zero attached hydrogens (tertiary/aromatic N) is 1. The predicted octanol–water partition coefficient (Wildman–Crippen LogP) is 2.63. The highest BCUT2D eigenvalue weighted by Crippen LogP contribution is 2.16. The maximum atomic E-state index is 12.2. The number of nitrogens with one attached hydrogen (secondary N) is 3. The van der Waals surface area contributed by atoms with Crippen molar-refractivity contribution in [3.63, 3.8) is 0 Å². The summed E-state index contributed by atoms with van der Waals surface area (Å²) in [4.78, 5) is 35.6. The number of anilines is 1. The highest BCUT2D eigenvalue weighted by atomic mass is 16.5. The first-order valence-corrected chi connectivity index (χ1v) is 10.2. The van der Waals surface area contributed by atoms with E-state index in [-0.39, 0.29) is 18.6 Å². The van der Waals surface area contributed by atoms with Crippen LogP contribution in [0.2, 0.25) is 0 Å². The third-order valence-corrected chi connectivity index (χ3v) is 4.48. The van der Waals surface area contributed by atoms with Gasteiger partial charge in [0.15, 0.2) is 6.61 Å². The molecule has 0 spiro atoms. The van der Waals surface area contributed by atoms with Crippen molar-refractivity contribution in [1.29, 1.82) is 0 Å². The van der Waals surface area contributed by atoms with Gasteiger partial charge >= 0.3 is 11.8 Å². The maximum Gasteiger partial charge on any atom is 0.329 e. The zero-order valence-corrected chi connectivity index (χ0v) is 18.0. The Morgan fingerprint density at radius 3 is 2.58 bits per heavy atom. The Bertz CT molecular complexity index is 943. The lowest BCUT2D eigenvalue weighted by atomic mass is 10.1. The number of hydrogen-bond acceptors (Lipinski definition) is 5. The lowest BCUT2D eigenvalue weighted by molar-refractivity contribution is -0.139. The molecule has 0 aromatic heterocycles. The minimum absolute atomic E-state index is 0.0938. The molecule has 0 saturated heterocycles. The number of aryl methyl sites for hydroxylation is 1. The molecule has 0 saturated carbocycles. The second kappa shape index (κ2) is 12.1. The third-order valence-electron chi connectivity index (χ3n) is 4.48.